The topological polar surface area (TPSA) is 165 Å². The van der Waals surface area contributed by atoms with Crippen molar-refractivity contribution in [2.24, 2.45) is 11.8 Å². The van der Waals surface area contributed by atoms with Gasteiger partial charge >= 0.3 is 50.2 Å². The van der Waals surface area contributed by atoms with Crippen molar-refractivity contribution in [3.63, 3.8) is 0 Å². The number of unbranched alkanes of at least 4 members (excludes halogenated alkanes) is 2. The van der Waals surface area contributed by atoms with E-state index in [-0.39, 0.29) is 85.6 Å². The molecule has 3 unspecified atom stereocenters. The molecule has 0 fully saturated rings. The molecular weight excluding hydrogens is 1130 g/mol. The maximum Gasteiger partial charge on any atom is 1.00 e. The Hall–Kier alpha value is -5.32. The maximum atomic E-state index is 12.3. The van der Waals surface area contributed by atoms with Crippen molar-refractivity contribution in [2.75, 3.05) is 52.3 Å². The molecule has 80 heavy (non-hydrogen) atoms. The molecule has 0 bridgehead atoms. The van der Waals surface area contributed by atoms with Crippen LogP contribution in [0.3, 0.4) is 0 Å². The summed E-state index contributed by atoms with van der Waals surface area (Å²) in [6.07, 6.45) is 12.3. The van der Waals surface area contributed by atoms with Crippen molar-refractivity contribution in [1.82, 2.24) is 0 Å². The van der Waals surface area contributed by atoms with Gasteiger partial charge in [0.25, 0.3) is 5.70 Å². The minimum Gasteiger partial charge on any atom is -1.00 e. The van der Waals surface area contributed by atoms with Gasteiger partial charge in [-0.1, -0.05) is 171 Å². The zero-order valence-corrected chi connectivity index (χ0v) is 53.5. The maximum absolute atomic E-state index is 12.3. The number of hydrogen-bond acceptors (Lipinski definition) is 13. The first kappa shape index (κ1) is 74.7. The van der Waals surface area contributed by atoms with Gasteiger partial charge in [0.1, 0.15) is 11.0 Å². The number of anilines is 1. The molecule has 0 saturated heterocycles. The van der Waals surface area contributed by atoms with Crippen LogP contribution >= 0.6 is 20.7 Å². The van der Waals surface area contributed by atoms with Crippen molar-refractivity contribution >= 4 is 43.9 Å². The van der Waals surface area contributed by atoms with Crippen molar-refractivity contribution in [1.29, 1.82) is 5.26 Å². The molecule has 1 heterocycles. The molecule has 4 aromatic rings. The van der Waals surface area contributed by atoms with Gasteiger partial charge in [-0.25, -0.2) is 19.5 Å². The van der Waals surface area contributed by atoms with Crippen molar-refractivity contribution in [3.8, 4) is 28.7 Å². The number of quaternary nitrogens is 1. The average Bonchev–Trinajstić information content (AvgIpc) is 3.81. The predicted octanol–water partition coefficient (Wildman–Crippen LogP) is 8.59. The van der Waals surface area contributed by atoms with Gasteiger partial charge in [0.15, 0.2) is 17.3 Å². The van der Waals surface area contributed by atoms with E-state index < -0.39 is 17.2 Å². The van der Waals surface area contributed by atoms with E-state index >= 15 is 0 Å². The minimum atomic E-state index is -0.999. The van der Waals surface area contributed by atoms with Gasteiger partial charge in [0, 0.05) is 30.6 Å². The van der Waals surface area contributed by atoms with E-state index in [4.69, 9.17) is 27.4 Å². The molecule has 426 valence electrons. The van der Waals surface area contributed by atoms with Gasteiger partial charge in [0.2, 0.25) is 0 Å². The molecule has 15 nitrogen and oxygen atoms in total. The molecule has 0 N–H and O–H groups in total. The molecule has 1 aliphatic heterocycles. The van der Waals surface area contributed by atoms with E-state index in [9.17, 15) is 24.7 Å². The second kappa shape index (κ2) is 44.3. The molecule has 0 saturated carbocycles. The normalized spacial score (nSPS) is 13.2. The summed E-state index contributed by atoms with van der Waals surface area (Å²) in [5.41, 5.74) is 4.24. The third kappa shape index (κ3) is 28.4. The third-order valence-electron chi connectivity index (χ3n) is 12.0. The van der Waals surface area contributed by atoms with E-state index in [2.05, 4.69) is 95.5 Å². The second-order valence-electron chi connectivity index (χ2n) is 18.7. The fraction of sp³-hybridized carbons (Fsp3) is 0.426. The number of hydrogen-bond donors (Lipinski definition) is 0. The number of nitriles is 1. The molecule has 0 spiro atoms. The zero-order valence-electron chi connectivity index (χ0n) is 48.2. The Morgan fingerprint density at radius 3 is 1.91 bits per heavy atom. The summed E-state index contributed by atoms with van der Waals surface area (Å²) in [4.78, 5) is 33.7. The zero-order chi connectivity index (χ0) is 57.6. The third-order valence-corrected chi connectivity index (χ3v) is 13.0. The number of carbonyl (C=O) groups excluding carboxylic acids is 2. The summed E-state index contributed by atoms with van der Waals surface area (Å²) >= 11 is 0.479. The summed E-state index contributed by atoms with van der Waals surface area (Å²) in [5.74, 6) is 1.44. The molecule has 5 rings (SSSR count). The first-order chi connectivity index (χ1) is 37.8. The van der Waals surface area contributed by atoms with Crippen LogP contribution in [0.2, 0.25) is 0 Å². The Morgan fingerprint density at radius 1 is 0.825 bits per heavy atom. The number of fused-ring (bicyclic) bond motifs is 1. The van der Waals surface area contributed by atoms with Crippen LogP contribution in [0.5, 0.6) is 11.5 Å². The fourth-order valence-electron chi connectivity index (χ4n) is 7.70. The Balaban J connectivity index is 0.00000133. The van der Waals surface area contributed by atoms with E-state index in [1.165, 1.54) is 0 Å². The number of rotatable bonds is 28. The Labute approximate surface area is 514 Å². The summed E-state index contributed by atoms with van der Waals surface area (Å²) in [6.45, 7) is 30.1. The first-order valence-corrected chi connectivity index (χ1v) is 28.1. The molecule has 19 heteroatoms. The first-order valence-electron chi connectivity index (χ1n) is 26.6. The van der Waals surface area contributed by atoms with E-state index in [0.717, 1.165) is 97.9 Å². The number of benzene rings is 4. The van der Waals surface area contributed by atoms with Gasteiger partial charge in [-0.2, -0.15) is 4.33 Å². The molecule has 0 aromatic heterocycles. The van der Waals surface area contributed by atoms with Gasteiger partial charge in [-0.05, 0) is 71.7 Å². The van der Waals surface area contributed by atoms with Crippen LogP contribution in [0.25, 0.3) is 26.4 Å². The molecule has 0 aliphatic carbocycles. The number of allylic oxidation sites excluding steroid dienone is 4. The van der Waals surface area contributed by atoms with Gasteiger partial charge in [0.05, 0.1) is 72.2 Å². The molecule has 4 aromatic carbocycles. The summed E-state index contributed by atoms with van der Waals surface area (Å²) in [5, 5.41) is 22.1. The Kier molecular flexibility index (Phi) is 41.4. The number of halogens is 1. The number of esters is 2. The van der Waals surface area contributed by atoms with Crippen LogP contribution in [-0.4, -0.2) is 69.1 Å². The standard InChI is InChI=1S/C33H30N5O.C20H38O7S.C6H5O2P.C2H6.BrH.Na/c1-35-28(33(29(24-34)36-2)26-15-10-7-11-16-26)18-20-32-37(21-12-22-38(3,4)5)30-23-27(17-19-31(30)39-32)25-13-8-6-9-14-25;1-5-9-11-16(7-3)14-24-19(21)13-18(28-27-26-23)20(22)25-15-17(8-4)12-10-6-2;7-9-8-6-4-2-1-3-5-6;1-2;;/h6-11,13-20,23H,12,21-22H2,3-5H3;16-18,23H,5-15H2,1-4H3;1-5H;1-2H3;1H;/q+1;;;;;+1/p-2/b28-18?,32-20?,33-29+;;;;;. The van der Waals surface area contributed by atoms with Crippen LogP contribution in [0.15, 0.2) is 139 Å². The second-order valence-corrected chi connectivity index (χ2v) is 19.9. The van der Waals surface area contributed by atoms with Gasteiger partial charge in [-0.3, -0.25) is 14.6 Å². The van der Waals surface area contributed by atoms with E-state index in [1.807, 2.05) is 86.6 Å². The molecule has 0 radical (unpaired) electrons. The van der Waals surface area contributed by atoms with E-state index in [0.29, 0.717) is 47.3 Å². The summed E-state index contributed by atoms with van der Waals surface area (Å²) in [7, 11) is 6.21. The molecule has 0 amide bonds. The van der Waals surface area contributed by atoms with Crippen molar-refractivity contribution in [3.05, 3.63) is 167 Å². The molecule has 1 aliphatic rings. The Bertz CT molecular complexity index is 2610. The minimum absolute atomic E-state index is 0. The number of carbonyl (C=O) groups is 2. The molecular formula is C61H78BrN5NaO10PS. The SMILES string of the molecule is CC.CCCCC(CC)COC(=O)CC(SOO[O-])C(=O)OCC(CC)CCCC.O=POc1ccccc1.[Br-].[C-]#[N+]C(=CC=C1Oc2ccc(-c3ccccc3)cc2N1CCC[N+](C)(C)C)/C(=C(\C#N)[N+]#[C-])c1ccccc1.[Na+]. The monoisotopic (exact) mass is 1210 g/mol. The predicted molar refractivity (Wildman–Crippen MR) is 308 cm³/mol. The van der Waals surface area contributed by atoms with Crippen molar-refractivity contribution < 1.29 is 98.5 Å². The fourth-order valence-corrected chi connectivity index (χ4v) is 8.38. The van der Waals surface area contributed by atoms with Crippen LogP contribution in [-0.2, 0) is 33.0 Å². The van der Waals surface area contributed by atoms with Crippen molar-refractivity contribution in [2.45, 2.75) is 111 Å². The van der Waals surface area contributed by atoms with Crippen LogP contribution in [0.4, 0.5) is 5.69 Å². The number of ether oxygens (including phenoxy) is 3. The van der Waals surface area contributed by atoms with Crippen LogP contribution in [0, 0.1) is 36.3 Å². The number of nitrogens with zero attached hydrogens (tertiary/aromatic N) is 5. The number of para-hydroxylation sites is 1. The Morgan fingerprint density at radius 2 is 1.40 bits per heavy atom. The van der Waals surface area contributed by atoms with E-state index in [1.54, 1.807) is 36.4 Å². The summed E-state index contributed by atoms with van der Waals surface area (Å²) in [6, 6.07) is 36.4. The van der Waals surface area contributed by atoms with Crippen LogP contribution < -0.4 is 66.0 Å². The summed E-state index contributed by atoms with van der Waals surface area (Å²) < 4.78 is 36.5. The molecule has 3 atom stereocenters. The largest absolute Gasteiger partial charge is 1.00 e. The quantitative estimate of drug-likeness (QED) is 0.00508. The smallest absolute Gasteiger partial charge is 1.00 e. The van der Waals surface area contributed by atoms with Gasteiger partial charge < -0.3 is 50.4 Å². The van der Waals surface area contributed by atoms with Gasteiger partial charge in [-0.15, -0.1) is 0 Å². The van der Waals surface area contributed by atoms with Crippen LogP contribution in [0.1, 0.15) is 111 Å². The average molecular weight is 1210 g/mol.